The molecule has 3 rings (SSSR count). The molecule has 3 N–H and O–H groups in total. The van der Waals surface area contributed by atoms with Gasteiger partial charge in [-0.25, -0.2) is 15.0 Å². The minimum atomic E-state index is 0.433. The van der Waals surface area contributed by atoms with Crippen molar-refractivity contribution in [2.75, 3.05) is 5.73 Å². The second kappa shape index (κ2) is 6.38. The summed E-state index contributed by atoms with van der Waals surface area (Å²) in [6, 6.07) is 0. The van der Waals surface area contributed by atoms with Crippen LogP contribution in [0.2, 0.25) is 0 Å². The number of aromatic nitrogens is 4. The number of H-pyrrole nitrogens is 1. The molecule has 6 heteroatoms. The Kier molecular flexibility index (Phi) is 4.57. The Labute approximate surface area is 116 Å². The van der Waals surface area contributed by atoms with Gasteiger partial charge in [-0.15, -0.1) is 0 Å². The summed E-state index contributed by atoms with van der Waals surface area (Å²) in [5, 5.41) is 0.796. The SMILES string of the molecule is CC.Nc1ncnc2nc(SC3=CCCC=C3)[nH]c12. The molecule has 0 fully saturated rings. The van der Waals surface area contributed by atoms with Gasteiger partial charge in [-0.3, -0.25) is 0 Å². The van der Waals surface area contributed by atoms with Crippen LogP contribution in [0.3, 0.4) is 0 Å². The minimum Gasteiger partial charge on any atom is -0.382 e. The molecule has 2 heterocycles. The van der Waals surface area contributed by atoms with Gasteiger partial charge >= 0.3 is 0 Å². The Balaban J connectivity index is 0.000000637. The number of hydrogen-bond donors (Lipinski definition) is 2. The zero-order valence-corrected chi connectivity index (χ0v) is 11.9. The number of rotatable bonds is 2. The van der Waals surface area contributed by atoms with Crippen LogP contribution in [-0.4, -0.2) is 19.9 Å². The van der Waals surface area contributed by atoms with Gasteiger partial charge in [-0.1, -0.05) is 43.8 Å². The van der Waals surface area contributed by atoms with Crippen molar-refractivity contribution in [3.63, 3.8) is 0 Å². The van der Waals surface area contributed by atoms with E-state index >= 15 is 0 Å². The summed E-state index contributed by atoms with van der Waals surface area (Å²) in [5.74, 6) is 0.433. The average molecular weight is 275 g/mol. The third-order valence-corrected chi connectivity index (χ3v) is 3.40. The van der Waals surface area contributed by atoms with Gasteiger partial charge in [0.25, 0.3) is 0 Å². The molecule has 0 unspecified atom stereocenters. The van der Waals surface area contributed by atoms with Gasteiger partial charge in [0.1, 0.15) is 11.8 Å². The molecule has 0 bridgehead atoms. The zero-order chi connectivity index (χ0) is 13.7. The fourth-order valence-electron chi connectivity index (χ4n) is 1.65. The number of nitrogen functional groups attached to an aromatic ring is 1. The highest BCUT2D eigenvalue weighted by molar-refractivity contribution is 8.03. The number of imidazole rings is 1. The van der Waals surface area contributed by atoms with Gasteiger partial charge < -0.3 is 10.7 Å². The van der Waals surface area contributed by atoms with Gasteiger partial charge in [0, 0.05) is 4.91 Å². The lowest BCUT2D eigenvalue weighted by atomic mass is 10.2. The zero-order valence-electron chi connectivity index (χ0n) is 11.1. The average Bonchev–Trinajstić information content (AvgIpc) is 2.86. The summed E-state index contributed by atoms with van der Waals surface area (Å²) in [7, 11) is 0. The lowest BCUT2D eigenvalue weighted by molar-refractivity contribution is 1.03. The molecule has 2 aromatic heterocycles. The third kappa shape index (κ3) is 3.14. The molecule has 0 amide bonds. The molecule has 2 aromatic rings. The summed E-state index contributed by atoms with van der Waals surface area (Å²) in [6.07, 6.45) is 10.1. The van der Waals surface area contributed by atoms with Crippen LogP contribution in [0, 0.1) is 0 Å². The molecule has 0 radical (unpaired) electrons. The fraction of sp³-hybridized carbons (Fsp3) is 0.308. The van der Waals surface area contributed by atoms with Crippen molar-refractivity contribution in [3.05, 3.63) is 29.5 Å². The lowest BCUT2D eigenvalue weighted by Gasteiger charge is -2.03. The number of nitrogens with two attached hydrogens (primary N) is 1. The van der Waals surface area contributed by atoms with E-state index in [2.05, 4.69) is 38.2 Å². The maximum atomic E-state index is 5.74. The molecule has 100 valence electrons. The standard InChI is InChI=1S/C11H11N5S.C2H6/c12-9-8-10(14-6-13-9)16-11(15-8)17-7-4-2-1-3-5-7;1-2/h2,4-6H,1,3H2,(H3,12,13,14,15,16);1-2H3. The Morgan fingerprint density at radius 3 is 2.79 bits per heavy atom. The van der Waals surface area contributed by atoms with Crippen molar-refractivity contribution in [2.24, 2.45) is 0 Å². The van der Waals surface area contributed by atoms with E-state index in [9.17, 15) is 0 Å². The quantitative estimate of drug-likeness (QED) is 0.879. The van der Waals surface area contributed by atoms with Crippen molar-refractivity contribution in [1.29, 1.82) is 0 Å². The first kappa shape index (κ1) is 13.6. The van der Waals surface area contributed by atoms with Crippen LogP contribution < -0.4 is 5.73 Å². The van der Waals surface area contributed by atoms with Gasteiger partial charge in [0.15, 0.2) is 16.6 Å². The summed E-state index contributed by atoms with van der Waals surface area (Å²) in [4.78, 5) is 16.7. The van der Waals surface area contributed by atoms with Crippen molar-refractivity contribution in [2.45, 2.75) is 31.8 Å². The lowest BCUT2D eigenvalue weighted by Crippen LogP contribution is -1.91. The molecule has 0 atom stereocenters. The highest BCUT2D eigenvalue weighted by atomic mass is 32.2. The molecular formula is C13H17N5S. The summed E-state index contributed by atoms with van der Waals surface area (Å²) >= 11 is 1.58. The van der Waals surface area contributed by atoms with E-state index in [1.54, 1.807) is 11.8 Å². The molecule has 0 aromatic carbocycles. The van der Waals surface area contributed by atoms with Crippen molar-refractivity contribution in [1.82, 2.24) is 19.9 Å². The van der Waals surface area contributed by atoms with Crippen molar-refractivity contribution in [3.8, 4) is 0 Å². The van der Waals surface area contributed by atoms with E-state index in [-0.39, 0.29) is 0 Å². The van der Waals surface area contributed by atoms with Crippen molar-refractivity contribution < 1.29 is 0 Å². The molecule has 1 aliphatic carbocycles. The largest absolute Gasteiger partial charge is 0.382 e. The van der Waals surface area contributed by atoms with Crippen LogP contribution >= 0.6 is 11.8 Å². The predicted molar refractivity (Wildman–Crippen MR) is 79.8 cm³/mol. The Morgan fingerprint density at radius 2 is 2.11 bits per heavy atom. The Morgan fingerprint density at radius 1 is 1.26 bits per heavy atom. The normalized spacial score (nSPS) is 13.9. The molecule has 0 saturated heterocycles. The molecule has 0 aliphatic heterocycles. The first-order valence-corrected chi connectivity index (χ1v) is 7.15. The number of thioether (sulfide) groups is 1. The molecular weight excluding hydrogens is 258 g/mol. The predicted octanol–water partition coefficient (Wildman–Crippen LogP) is 3.29. The number of anilines is 1. The smallest absolute Gasteiger partial charge is 0.183 e. The van der Waals surface area contributed by atoms with Crippen LogP contribution in [0.15, 0.2) is 34.6 Å². The van der Waals surface area contributed by atoms with Gasteiger partial charge in [-0.05, 0) is 12.8 Å². The second-order valence-corrected chi connectivity index (χ2v) is 4.75. The second-order valence-electron chi connectivity index (χ2n) is 3.69. The van der Waals surface area contributed by atoms with Crippen LogP contribution in [0.1, 0.15) is 26.7 Å². The fourth-order valence-corrected chi connectivity index (χ4v) is 2.52. The molecule has 1 aliphatic rings. The van der Waals surface area contributed by atoms with Crippen molar-refractivity contribution >= 4 is 28.7 Å². The maximum Gasteiger partial charge on any atom is 0.183 e. The molecule has 0 spiro atoms. The number of nitrogens with one attached hydrogen (secondary N) is 1. The van der Waals surface area contributed by atoms with E-state index in [4.69, 9.17) is 5.73 Å². The van der Waals surface area contributed by atoms with E-state index in [0.717, 1.165) is 18.0 Å². The van der Waals surface area contributed by atoms with Gasteiger partial charge in [-0.2, -0.15) is 0 Å². The van der Waals surface area contributed by atoms with Gasteiger partial charge in [0.2, 0.25) is 0 Å². The van der Waals surface area contributed by atoms with Crippen LogP contribution in [0.5, 0.6) is 0 Å². The maximum absolute atomic E-state index is 5.74. The highest BCUT2D eigenvalue weighted by Gasteiger charge is 2.09. The topological polar surface area (TPSA) is 80.5 Å². The van der Waals surface area contributed by atoms with E-state index in [0.29, 0.717) is 17.0 Å². The summed E-state index contributed by atoms with van der Waals surface area (Å²) in [6.45, 7) is 4.00. The first-order valence-electron chi connectivity index (χ1n) is 6.33. The summed E-state index contributed by atoms with van der Waals surface area (Å²) in [5.41, 5.74) is 7.06. The number of aromatic amines is 1. The molecule has 0 saturated carbocycles. The number of allylic oxidation sites excluding steroid dienone is 3. The van der Waals surface area contributed by atoms with E-state index in [1.807, 2.05) is 13.8 Å². The van der Waals surface area contributed by atoms with Crippen LogP contribution in [0.4, 0.5) is 5.82 Å². The number of fused-ring (bicyclic) bond motifs is 1. The first-order chi connectivity index (χ1) is 9.33. The molecule has 5 nitrogen and oxygen atoms in total. The number of nitrogens with zero attached hydrogens (tertiary/aromatic N) is 3. The minimum absolute atomic E-state index is 0.433. The Hall–Kier alpha value is -1.82. The van der Waals surface area contributed by atoms with Gasteiger partial charge in [0.05, 0.1) is 0 Å². The third-order valence-electron chi connectivity index (χ3n) is 2.47. The number of hydrogen-bond acceptors (Lipinski definition) is 5. The van der Waals surface area contributed by atoms with E-state index in [1.165, 1.54) is 11.2 Å². The molecule has 19 heavy (non-hydrogen) atoms. The summed E-state index contributed by atoms with van der Waals surface area (Å²) < 4.78 is 0. The van der Waals surface area contributed by atoms with Crippen LogP contribution in [0.25, 0.3) is 11.2 Å². The monoisotopic (exact) mass is 275 g/mol. The highest BCUT2D eigenvalue weighted by Crippen LogP contribution is 2.29. The van der Waals surface area contributed by atoms with Crippen LogP contribution in [-0.2, 0) is 0 Å². The Bertz CT molecular complexity index is 615. The van der Waals surface area contributed by atoms with E-state index < -0.39 is 0 Å².